The average Bonchev–Trinajstić information content (AvgIpc) is 3.29. The molecule has 0 unspecified atom stereocenters. The Morgan fingerprint density at radius 3 is 2.28 bits per heavy atom. The van der Waals surface area contributed by atoms with Crippen LogP contribution < -0.4 is 5.32 Å². The molecule has 2 saturated carbocycles. The minimum Gasteiger partial charge on any atom is -0.325 e. The van der Waals surface area contributed by atoms with Crippen LogP contribution >= 0.6 is 43.5 Å². The second-order valence-corrected chi connectivity index (χ2v) is 10.7. The van der Waals surface area contributed by atoms with Gasteiger partial charge in [-0.2, -0.15) is 0 Å². The molecule has 1 aromatic rings. The van der Waals surface area contributed by atoms with E-state index in [4.69, 9.17) is 11.6 Å². The number of carbonyl (C=O) groups is 3. The molecule has 1 N–H and O–H groups in total. The number of fused-ring (bicyclic) bond motifs is 5. The molecular formula is C21H23Br2ClN2O3. The number of nitrogens with zero attached hydrogens (tertiary/aromatic N) is 1. The molecule has 2 bridgehead atoms. The van der Waals surface area contributed by atoms with Crippen molar-refractivity contribution in [3.05, 3.63) is 29.3 Å². The van der Waals surface area contributed by atoms with E-state index in [2.05, 4.69) is 37.2 Å². The third-order valence-electron chi connectivity index (χ3n) is 6.51. The molecule has 0 aromatic heterocycles. The summed E-state index contributed by atoms with van der Waals surface area (Å²) in [6.45, 7) is 0.455. The first-order valence-corrected chi connectivity index (χ1v) is 12.3. The normalized spacial score (nSPS) is 32.7. The van der Waals surface area contributed by atoms with E-state index in [0.29, 0.717) is 30.1 Å². The Morgan fingerprint density at radius 2 is 1.66 bits per heavy atom. The lowest BCUT2D eigenvalue weighted by molar-refractivity contribution is -0.140. The van der Waals surface area contributed by atoms with Gasteiger partial charge in [0.2, 0.25) is 17.7 Å². The maximum atomic E-state index is 12.8. The third kappa shape index (κ3) is 3.90. The van der Waals surface area contributed by atoms with Gasteiger partial charge in [0.15, 0.2) is 0 Å². The van der Waals surface area contributed by atoms with E-state index in [0.717, 1.165) is 19.3 Å². The monoisotopic (exact) mass is 544 g/mol. The summed E-state index contributed by atoms with van der Waals surface area (Å²) in [4.78, 5) is 39.7. The van der Waals surface area contributed by atoms with Crippen LogP contribution in [-0.2, 0) is 14.4 Å². The molecule has 3 aliphatic rings. The zero-order valence-corrected chi connectivity index (χ0v) is 19.7. The minimum atomic E-state index is -0.146. The van der Waals surface area contributed by atoms with Crippen molar-refractivity contribution in [3.8, 4) is 0 Å². The van der Waals surface area contributed by atoms with Gasteiger partial charge in [-0.25, -0.2) is 0 Å². The molecule has 5 nitrogen and oxygen atoms in total. The van der Waals surface area contributed by atoms with Crippen LogP contribution in [0.1, 0.15) is 32.1 Å². The number of imide groups is 1. The number of halogens is 3. The van der Waals surface area contributed by atoms with Gasteiger partial charge in [0.1, 0.15) is 0 Å². The van der Waals surface area contributed by atoms with E-state index in [1.165, 1.54) is 4.90 Å². The lowest BCUT2D eigenvalue weighted by Crippen LogP contribution is -2.37. The van der Waals surface area contributed by atoms with Crippen molar-refractivity contribution in [2.75, 3.05) is 11.9 Å². The number of unbranched alkanes of at least 4 members (excludes halogenated alkanes) is 2. The molecule has 1 heterocycles. The summed E-state index contributed by atoms with van der Waals surface area (Å²) >= 11 is 13.5. The topological polar surface area (TPSA) is 66.5 Å². The molecule has 156 valence electrons. The van der Waals surface area contributed by atoms with Gasteiger partial charge < -0.3 is 5.32 Å². The van der Waals surface area contributed by atoms with Crippen molar-refractivity contribution >= 4 is 66.9 Å². The Kier molecular flexibility index (Phi) is 6.38. The van der Waals surface area contributed by atoms with Crippen LogP contribution in [0.25, 0.3) is 0 Å². The SMILES string of the molecule is O=C(CCCCCN1C(=O)[C@@H]2[C@H]3C[C@@H]([C@H](Br)[C@H]3Br)[C@H]2C1=O)Nc1ccccc1Cl. The van der Waals surface area contributed by atoms with Crippen LogP contribution in [0.15, 0.2) is 24.3 Å². The van der Waals surface area contributed by atoms with Gasteiger partial charge in [-0.1, -0.05) is 62.0 Å². The van der Waals surface area contributed by atoms with Crippen LogP contribution in [0.2, 0.25) is 5.02 Å². The van der Waals surface area contributed by atoms with Crippen molar-refractivity contribution in [2.24, 2.45) is 23.7 Å². The van der Waals surface area contributed by atoms with E-state index in [9.17, 15) is 14.4 Å². The van der Waals surface area contributed by atoms with E-state index >= 15 is 0 Å². The lowest BCUT2D eigenvalue weighted by Gasteiger charge is -2.28. The molecular weight excluding hydrogens is 524 g/mol. The molecule has 29 heavy (non-hydrogen) atoms. The van der Waals surface area contributed by atoms with Gasteiger partial charge in [-0.05, 0) is 43.2 Å². The average molecular weight is 547 g/mol. The van der Waals surface area contributed by atoms with Crippen molar-refractivity contribution in [1.82, 2.24) is 4.90 Å². The molecule has 3 fully saturated rings. The summed E-state index contributed by atoms with van der Waals surface area (Å²) in [5.74, 6) is 0.151. The quantitative estimate of drug-likeness (QED) is 0.309. The van der Waals surface area contributed by atoms with Crippen molar-refractivity contribution in [2.45, 2.75) is 41.8 Å². The lowest BCUT2D eigenvalue weighted by atomic mass is 9.81. The Hall–Kier alpha value is -0.920. The van der Waals surface area contributed by atoms with E-state index in [-0.39, 0.29) is 51.0 Å². The Morgan fingerprint density at radius 1 is 1.03 bits per heavy atom. The van der Waals surface area contributed by atoms with Gasteiger partial charge in [0.25, 0.3) is 0 Å². The van der Waals surface area contributed by atoms with E-state index in [1.807, 2.05) is 12.1 Å². The van der Waals surface area contributed by atoms with Crippen LogP contribution in [0.5, 0.6) is 0 Å². The van der Waals surface area contributed by atoms with Gasteiger partial charge >= 0.3 is 0 Å². The van der Waals surface area contributed by atoms with Crippen LogP contribution in [-0.4, -0.2) is 38.8 Å². The highest BCUT2D eigenvalue weighted by Gasteiger charge is 2.66. The van der Waals surface area contributed by atoms with E-state index < -0.39 is 0 Å². The molecule has 4 rings (SSSR count). The van der Waals surface area contributed by atoms with Crippen LogP contribution in [0.3, 0.4) is 0 Å². The summed E-state index contributed by atoms with van der Waals surface area (Å²) in [6.07, 6.45) is 3.56. The number of hydrogen-bond acceptors (Lipinski definition) is 3. The maximum absolute atomic E-state index is 12.8. The fraction of sp³-hybridized carbons (Fsp3) is 0.571. The fourth-order valence-electron chi connectivity index (χ4n) is 5.14. The number of amides is 3. The number of para-hydroxylation sites is 1. The highest BCUT2D eigenvalue weighted by molar-refractivity contribution is 9.12. The molecule has 6 atom stereocenters. The number of alkyl halides is 2. The summed E-state index contributed by atoms with van der Waals surface area (Å²) < 4.78 is 0. The fourth-order valence-corrected chi connectivity index (χ4v) is 7.19. The standard InChI is InChI=1S/C21H23Br2ClN2O3/c22-18-11-10-12(19(18)23)17-16(11)20(28)26(21(17)29)9-5-1-2-8-15(27)25-14-7-4-3-6-13(14)24/h3-4,6-7,11-12,16-19H,1-2,5,8-10H2,(H,25,27)/t11-,12-,16-,17-,18+,19+/m1/s1. The maximum Gasteiger partial charge on any atom is 0.233 e. The number of likely N-dealkylation sites (tertiary alicyclic amines) is 1. The van der Waals surface area contributed by atoms with Gasteiger partial charge in [0.05, 0.1) is 22.5 Å². The van der Waals surface area contributed by atoms with Crippen LogP contribution in [0, 0.1) is 23.7 Å². The highest BCUT2D eigenvalue weighted by Crippen LogP contribution is 2.60. The zero-order valence-electron chi connectivity index (χ0n) is 15.8. The van der Waals surface area contributed by atoms with Crippen LogP contribution in [0.4, 0.5) is 5.69 Å². The summed E-state index contributed by atoms with van der Waals surface area (Å²) in [6, 6.07) is 7.14. The largest absolute Gasteiger partial charge is 0.325 e. The minimum absolute atomic E-state index is 0.00723. The summed E-state index contributed by atoms with van der Waals surface area (Å²) in [5, 5.41) is 3.33. The molecule has 2 aliphatic carbocycles. The predicted molar refractivity (Wildman–Crippen MR) is 119 cm³/mol. The molecule has 1 saturated heterocycles. The Balaban J connectivity index is 1.22. The molecule has 0 spiro atoms. The number of rotatable bonds is 7. The zero-order chi connectivity index (χ0) is 20.7. The van der Waals surface area contributed by atoms with Crippen molar-refractivity contribution in [3.63, 3.8) is 0 Å². The Labute approximate surface area is 192 Å². The van der Waals surface area contributed by atoms with E-state index in [1.54, 1.807) is 12.1 Å². The Bertz CT molecular complexity index is 804. The second-order valence-electron chi connectivity index (χ2n) is 8.17. The number of carbonyl (C=O) groups excluding carboxylic acids is 3. The molecule has 0 radical (unpaired) electrons. The number of hydrogen-bond donors (Lipinski definition) is 1. The second kappa shape index (κ2) is 8.67. The molecule has 3 amide bonds. The third-order valence-corrected chi connectivity index (χ3v) is 10.0. The number of nitrogens with one attached hydrogen (secondary N) is 1. The van der Waals surface area contributed by atoms with Gasteiger partial charge in [-0.15, -0.1) is 0 Å². The van der Waals surface area contributed by atoms with Gasteiger partial charge in [-0.3, -0.25) is 19.3 Å². The highest BCUT2D eigenvalue weighted by atomic mass is 79.9. The number of benzene rings is 1. The molecule has 8 heteroatoms. The van der Waals surface area contributed by atoms with Crippen molar-refractivity contribution < 1.29 is 14.4 Å². The first-order chi connectivity index (χ1) is 13.9. The first-order valence-electron chi connectivity index (χ1n) is 10.1. The number of anilines is 1. The first kappa shape index (κ1) is 21.3. The molecule has 1 aliphatic heterocycles. The summed E-state index contributed by atoms with van der Waals surface area (Å²) in [7, 11) is 0. The molecule has 1 aromatic carbocycles. The van der Waals surface area contributed by atoms with Gasteiger partial charge in [0, 0.05) is 22.6 Å². The smallest absolute Gasteiger partial charge is 0.233 e. The predicted octanol–water partition coefficient (Wildman–Crippen LogP) is 4.62. The summed E-state index contributed by atoms with van der Waals surface area (Å²) in [5.41, 5.74) is 0.615. The van der Waals surface area contributed by atoms with Crippen molar-refractivity contribution in [1.29, 1.82) is 0 Å².